The number of aromatic amines is 1. The summed E-state index contributed by atoms with van der Waals surface area (Å²) in [7, 11) is 0. The van der Waals surface area contributed by atoms with E-state index in [1.165, 1.54) is 22.5 Å². The summed E-state index contributed by atoms with van der Waals surface area (Å²) in [5.74, 6) is 0.468. The quantitative estimate of drug-likeness (QED) is 0.638. The molecule has 1 atom stereocenters. The van der Waals surface area contributed by atoms with E-state index >= 15 is 0 Å². The summed E-state index contributed by atoms with van der Waals surface area (Å²) in [6.45, 7) is 1.55. The van der Waals surface area contributed by atoms with Gasteiger partial charge in [-0.25, -0.2) is 4.79 Å². The highest BCUT2D eigenvalue weighted by molar-refractivity contribution is 7.99. The third-order valence-corrected chi connectivity index (χ3v) is 3.50. The Morgan fingerprint density at radius 2 is 2.12 bits per heavy atom. The molecule has 6 nitrogen and oxygen atoms in total. The lowest BCUT2D eigenvalue weighted by atomic mass is 10.3. The van der Waals surface area contributed by atoms with Crippen LogP contribution in [0, 0.1) is 6.92 Å². The molecule has 7 heteroatoms. The Kier molecular flexibility index (Phi) is 5.46. The molecule has 0 saturated carbocycles. The van der Waals surface area contributed by atoms with Crippen LogP contribution in [0.2, 0.25) is 0 Å². The zero-order valence-corrected chi connectivity index (χ0v) is 10.4. The second-order valence-corrected chi connectivity index (χ2v) is 4.83. The van der Waals surface area contributed by atoms with Crippen molar-refractivity contribution >= 4 is 11.8 Å². The Morgan fingerprint density at radius 1 is 1.41 bits per heavy atom. The van der Waals surface area contributed by atoms with Crippen LogP contribution >= 0.6 is 11.8 Å². The number of rotatable bonds is 6. The molecule has 0 fully saturated rings. The average Bonchev–Trinajstić information content (AvgIpc) is 2.29. The van der Waals surface area contributed by atoms with Gasteiger partial charge in [-0.2, -0.15) is 0 Å². The second kappa shape index (κ2) is 6.63. The van der Waals surface area contributed by atoms with E-state index < -0.39 is 11.2 Å². The van der Waals surface area contributed by atoms with E-state index in [9.17, 15) is 9.59 Å². The van der Waals surface area contributed by atoms with Crippen LogP contribution in [-0.4, -0.2) is 38.7 Å². The maximum Gasteiger partial charge on any atom is 0.329 e. The van der Waals surface area contributed by atoms with Crippen molar-refractivity contribution in [1.82, 2.24) is 9.55 Å². The standard InChI is InChI=1S/C10H16N2O4S/c1-7-6-12(10(16)11-9(7)15)8(2-3-13)17-5-4-14/h6,8,13-14H,2-5H2,1H3,(H,11,15,16)/t8-/m0/s1. The van der Waals surface area contributed by atoms with Crippen LogP contribution in [0.15, 0.2) is 15.8 Å². The van der Waals surface area contributed by atoms with Gasteiger partial charge in [0.25, 0.3) is 5.56 Å². The highest BCUT2D eigenvalue weighted by Gasteiger charge is 2.13. The zero-order valence-electron chi connectivity index (χ0n) is 9.55. The molecule has 96 valence electrons. The highest BCUT2D eigenvalue weighted by Crippen LogP contribution is 2.23. The van der Waals surface area contributed by atoms with Crippen LogP contribution in [0.3, 0.4) is 0 Å². The van der Waals surface area contributed by atoms with Crippen molar-refractivity contribution in [2.75, 3.05) is 19.0 Å². The van der Waals surface area contributed by atoms with Crippen molar-refractivity contribution in [3.05, 3.63) is 32.6 Å². The number of H-pyrrole nitrogens is 1. The number of nitrogens with one attached hydrogen (secondary N) is 1. The molecule has 1 aromatic heterocycles. The Bertz CT molecular complexity index is 468. The number of aromatic nitrogens is 2. The minimum atomic E-state index is -0.496. The van der Waals surface area contributed by atoms with Crippen LogP contribution in [0.1, 0.15) is 17.4 Å². The molecule has 1 aromatic rings. The smallest absolute Gasteiger partial charge is 0.329 e. The Morgan fingerprint density at radius 3 is 2.71 bits per heavy atom. The topological polar surface area (TPSA) is 95.3 Å². The number of aliphatic hydroxyl groups is 2. The lowest BCUT2D eigenvalue weighted by molar-refractivity contribution is 0.276. The predicted octanol–water partition coefficient (Wildman–Crippen LogP) is -0.548. The minimum Gasteiger partial charge on any atom is -0.396 e. The SMILES string of the molecule is Cc1cn([C@H](CCO)SCCO)c(=O)[nH]c1=O. The van der Waals surface area contributed by atoms with Crippen LogP contribution in [0.5, 0.6) is 0 Å². The normalized spacial score (nSPS) is 12.6. The van der Waals surface area contributed by atoms with E-state index in [1.807, 2.05) is 0 Å². The molecule has 0 unspecified atom stereocenters. The van der Waals surface area contributed by atoms with E-state index in [1.54, 1.807) is 6.92 Å². The number of nitrogens with zero attached hydrogens (tertiary/aromatic N) is 1. The summed E-state index contributed by atoms with van der Waals surface area (Å²) in [6, 6.07) is 0. The Labute approximate surface area is 102 Å². The van der Waals surface area contributed by atoms with Crippen molar-refractivity contribution in [3.8, 4) is 0 Å². The van der Waals surface area contributed by atoms with Gasteiger partial charge in [-0.1, -0.05) is 0 Å². The Balaban J connectivity index is 3.04. The van der Waals surface area contributed by atoms with Crippen molar-refractivity contribution < 1.29 is 10.2 Å². The zero-order chi connectivity index (χ0) is 12.8. The molecule has 3 N–H and O–H groups in total. The van der Waals surface area contributed by atoms with Crippen molar-refractivity contribution in [2.24, 2.45) is 0 Å². The summed E-state index contributed by atoms with van der Waals surface area (Å²) < 4.78 is 1.38. The summed E-state index contributed by atoms with van der Waals surface area (Å²) in [5, 5.41) is 17.4. The first-order valence-electron chi connectivity index (χ1n) is 5.25. The summed E-state index contributed by atoms with van der Waals surface area (Å²) >= 11 is 1.36. The second-order valence-electron chi connectivity index (χ2n) is 3.54. The van der Waals surface area contributed by atoms with Gasteiger partial charge in [0.05, 0.1) is 12.0 Å². The molecule has 0 bridgehead atoms. The largest absolute Gasteiger partial charge is 0.396 e. The third-order valence-electron chi connectivity index (χ3n) is 2.23. The molecule has 0 saturated heterocycles. The van der Waals surface area contributed by atoms with Crippen LogP contribution in [0.4, 0.5) is 0 Å². The summed E-state index contributed by atoms with van der Waals surface area (Å²) in [4.78, 5) is 25.1. The fraction of sp³-hybridized carbons (Fsp3) is 0.600. The van der Waals surface area contributed by atoms with Gasteiger partial charge in [0.1, 0.15) is 0 Å². The first-order chi connectivity index (χ1) is 8.10. The van der Waals surface area contributed by atoms with Gasteiger partial charge in [-0.3, -0.25) is 14.3 Å². The maximum atomic E-state index is 11.6. The van der Waals surface area contributed by atoms with Crippen LogP contribution in [0.25, 0.3) is 0 Å². The first-order valence-corrected chi connectivity index (χ1v) is 6.30. The van der Waals surface area contributed by atoms with Gasteiger partial charge in [0.15, 0.2) is 0 Å². The van der Waals surface area contributed by atoms with Gasteiger partial charge in [-0.15, -0.1) is 11.8 Å². The van der Waals surface area contributed by atoms with Gasteiger partial charge >= 0.3 is 5.69 Å². The molecule has 0 spiro atoms. The van der Waals surface area contributed by atoms with Crippen molar-refractivity contribution in [2.45, 2.75) is 18.7 Å². The van der Waals surface area contributed by atoms with E-state index in [4.69, 9.17) is 10.2 Å². The maximum absolute atomic E-state index is 11.6. The molecule has 1 rings (SSSR count). The number of aliphatic hydroxyl groups excluding tert-OH is 2. The number of aryl methyl sites for hydroxylation is 1. The molecule has 17 heavy (non-hydrogen) atoms. The molecule has 0 aliphatic heterocycles. The molecule has 0 radical (unpaired) electrons. The van der Waals surface area contributed by atoms with E-state index in [0.717, 1.165) is 0 Å². The number of thioether (sulfide) groups is 1. The molecule has 0 aromatic carbocycles. The van der Waals surface area contributed by atoms with Gasteiger partial charge in [0.2, 0.25) is 0 Å². The minimum absolute atomic E-state index is 0.00365. The van der Waals surface area contributed by atoms with E-state index in [0.29, 0.717) is 17.7 Å². The van der Waals surface area contributed by atoms with Crippen molar-refractivity contribution in [1.29, 1.82) is 0 Å². The summed E-state index contributed by atoms with van der Waals surface area (Å²) in [6.07, 6.45) is 1.86. The third kappa shape index (κ3) is 3.72. The molecule has 0 aliphatic carbocycles. The van der Waals surface area contributed by atoms with Crippen LogP contribution < -0.4 is 11.2 Å². The van der Waals surface area contributed by atoms with E-state index in [-0.39, 0.29) is 18.6 Å². The lowest BCUT2D eigenvalue weighted by Crippen LogP contribution is -2.32. The van der Waals surface area contributed by atoms with Crippen LogP contribution in [-0.2, 0) is 0 Å². The summed E-state index contributed by atoms with van der Waals surface area (Å²) in [5.41, 5.74) is -0.456. The lowest BCUT2D eigenvalue weighted by Gasteiger charge is -2.17. The number of hydrogen-bond donors (Lipinski definition) is 3. The predicted molar refractivity (Wildman–Crippen MR) is 66.3 cm³/mol. The first kappa shape index (κ1) is 14.0. The number of hydrogen-bond acceptors (Lipinski definition) is 5. The van der Waals surface area contributed by atoms with Gasteiger partial charge in [0, 0.05) is 30.5 Å². The molecule has 0 aliphatic rings. The Hall–Kier alpha value is -1.05. The average molecular weight is 260 g/mol. The fourth-order valence-corrected chi connectivity index (χ4v) is 2.37. The molecular weight excluding hydrogens is 244 g/mol. The van der Waals surface area contributed by atoms with Gasteiger partial charge < -0.3 is 10.2 Å². The van der Waals surface area contributed by atoms with Crippen molar-refractivity contribution in [3.63, 3.8) is 0 Å². The molecule has 1 heterocycles. The monoisotopic (exact) mass is 260 g/mol. The molecular formula is C10H16N2O4S. The fourth-order valence-electron chi connectivity index (χ4n) is 1.40. The van der Waals surface area contributed by atoms with E-state index in [2.05, 4.69) is 4.98 Å². The highest BCUT2D eigenvalue weighted by atomic mass is 32.2. The molecule has 0 amide bonds. The van der Waals surface area contributed by atoms with Gasteiger partial charge in [-0.05, 0) is 6.92 Å².